The predicted octanol–water partition coefficient (Wildman–Crippen LogP) is 4.20. The highest BCUT2D eigenvalue weighted by Crippen LogP contribution is 2.30. The van der Waals surface area contributed by atoms with Crippen molar-refractivity contribution in [3.63, 3.8) is 0 Å². The Bertz CT molecular complexity index is 886. The highest BCUT2D eigenvalue weighted by Gasteiger charge is 2.24. The summed E-state index contributed by atoms with van der Waals surface area (Å²) in [7, 11) is 1.91. The zero-order chi connectivity index (χ0) is 23.9. The summed E-state index contributed by atoms with van der Waals surface area (Å²) in [6.07, 6.45) is 4.72. The third kappa shape index (κ3) is 8.19. The Morgan fingerprint density at radius 2 is 1.84 bits per heavy atom. The lowest BCUT2D eigenvalue weighted by Crippen LogP contribution is -2.45. The maximum Gasteiger partial charge on any atom is 0.239 e. The van der Waals surface area contributed by atoms with E-state index in [0.29, 0.717) is 5.82 Å². The van der Waals surface area contributed by atoms with Gasteiger partial charge in [-0.15, -0.1) is 0 Å². The van der Waals surface area contributed by atoms with E-state index in [4.69, 9.17) is 14.7 Å². The van der Waals surface area contributed by atoms with Crippen molar-refractivity contribution in [2.45, 2.75) is 78.9 Å². The molecular formula is C25H39N5O2. The number of rotatable bonds is 5. The van der Waals surface area contributed by atoms with Crippen LogP contribution in [0.1, 0.15) is 66.1 Å². The Kier molecular flexibility index (Phi) is 8.73. The zero-order valence-electron chi connectivity index (χ0n) is 21.0. The van der Waals surface area contributed by atoms with Crippen LogP contribution in [0.5, 0.6) is 0 Å². The van der Waals surface area contributed by atoms with E-state index in [-0.39, 0.29) is 23.6 Å². The molecular weight excluding hydrogens is 402 g/mol. The van der Waals surface area contributed by atoms with Crippen LogP contribution < -0.4 is 10.2 Å². The van der Waals surface area contributed by atoms with Crippen LogP contribution in [0.2, 0.25) is 0 Å². The van der Waals surface area contributed by atoms with Gasteiger partial charge in [-0.3, -0.25) is 9.78 Å². The van der Waals surface area contributed by atoms with Gasteiger partial charge in [-0.1, -0.05) is 6.07 Å². The first-order valence-electron chi connectivity index (χ1n) is 11.4. The molecule has 0 aliphatic heterocycles. The minimum Gasteiger partial charge on any atom is -0.376 e. The number of nitrogens with zero attached hydrogens (tertiary/aromatic N) is 4. The monoisotopic (exact) mass is 441 g/mol. The zero-order valence-corrected chi connectivity index (χ0v) is 21.0. The molecule has 32 heavy (non-hydrogen) atoms. The molecule has 7 heteroatoms. The minimum absolute atomic E-state index is 0.0141. The van der Waals surface area contributed by atoms with Crippen LogP contribution >= 0.6 is 0 Å². The normalized spacial score (nSPS) is 13.1. The number of ether oxygens (including phenoxy) is 1. The SMILES string of the molecule is CCOC(C)(C)C.CN(CC(=O)NC(C)(C)C)c1nc(-c2ccccn2)nc2c1CCC2. The van der Waals surface area contributed by atoms with E-state index in [2.05, 4.69) is 31.1 Å². The Morgan fingerprint density at radius 1 is 1.12 bits per heavy atom. The van der Waals surface area contributed by atoms with Gasteiger partial charge in [0, 0.05) is 36.6 Å². The van der Waals surface area contributed by atoms with Crippen molar-refractivity contribution >= 4 is 11.7 Å². The molecule has 1 aliphatic rings. The molecule has 2 heterocycles. The molecule has 7 nitrogen and oxygen atoms in total. The maximum atomic E-state index is 12.3. The van der Waals surface area contributed by atoms with Gasteiger partial charge in [0.2, 0.25) is 5.91 Å². The first-order chi connectivity index (χ1) is 14.9. The highest BCUT2D eigenvalue weighted by atomic mass is 16.5. The minimum atomic E-state index is -0.245. The molecule has 2 aromatic heterocycles. The number of hydrogen-bond donors (Lipinski definition) is 1. The van der Waals surface area contributed by atoms with Crippen LogP contribution in [0.4, 0.5) is 5.82 Å². The number of likely N-dealkylation sites (N-methyl/N-ethyl adjacent to an activating group) is 1. The van der Waals surface area contributed by atoms with E-state index in [1.165, 1.54) is 0 Å². The van der Waals surface area contributed by atoms with Crippen LogP contribution in [0.25, 0.3) is 11.5 Å². The van der Waals surface area contributed by atoms with Crippen molar-refractivity contribution < 1.29 is 9.53 Å². The molecule has 0 saturated carbocycles. The maximum absolute atomic E-state index is 12.3. The number of amides is 1. The van der Waals surface area contributed by atoms with Crippen LogP contribution in [0.3, 0.4) is 0 Å². The van der Waals surface area contributed by atoms with Crippen molar-refractivity contribution in [3.05, 3.63) is 35.7 Å². The van der Waals surface area contributed by atoms with Crippen LogP contribution in [0.15, 0.2) is 24.4 Å². The molecule has 3 rings (SSSR count). The van der Waals surface area contributed by atoms with E-state index < -0.39 is 0 Å². The molecule has 0 atom stereocenters. The van der Waals surface area contributed by atoms with Gasteiger partial charge in [0.1, 0.15) is 11.5 Å². The number of anilines is 1. The number of hydrogen-bond acceptors (Lipinski definition) is 6. The van der Waals surface area contributed by atoms with Crippen molar-refractivity contribution in [1.82, 2.24) is 20.3 Å². The summed E-state index contributed by atoms with van der Waals surface area (Å²) >= 11 is 0. The summed E-state index contributed by atoms with van der Waals surface area (Å²) in [5.74, 6) is 1.45. The second-order valence-electron chi connectivity index (χ2n) is 10.1. The predicted molar refractivity (Wildman–Crippen MR) is 130 cm³/mol. The van der Waals surface area contributed by atoms with E-state index in [9.17, 15) is 4.79 Å². The molecule has 1 N–H and O–H groups in total. The van der Waals surface area contributed by atoms with E-state index in [1.54, 1.807) is 6.20 Å². The number of aryl methyl sites for hydroxylation is 1. The van der Waals surface area contributed by atoms with Crippen molar-refractivity contribution in [3.8, 4) is 11.5 Å². The number of fused-ring (bicyclic) bond motifs is 1. The fourth-order valence-corrected chi connectivity index (χ4v) is 3.52. The second kappa shape index (κ2) is 10.9. The third-order valence-corrected chi connectivity index (χ3v) is 4.64. The summed E-state index contributed by atoms with van der Waals surface area (Å²) in [4.78, 5) is 28.0. The molecule has 0 saturated heterocycles. The van der Waals surface area contributed by atoms with Gasteiger partial charge in [0.25, 0.3) is 0 Å². The number of carbonyl (C=O) groups excluding carboxylic acids is 1. The van der Waals surface area contributed by atoms with Crippen LogP contribution in [-0.4, -0.2) is 52.2 Å². The molecule has 1 aliphatic carbocycles. The van der Waals surface area contributed by atoms with E-state index in [0.717, 1.165) is 48.6 Å². The fourth-order valence-electron chi connectivity index (χ4n) is 3.52. The molecule has 2 aromatic rings. The summed E-state index contributed by atoms with van der Waals surface area (Å²) in [6.45, 7) is 15.2. The molecule has 0 bridgehead atoms. The molecule has 0 fully saturated rings. The summed E-state index contributed by atoms with van der Waals surface area (Å²) in [5, 5.41) is 3.00. The first-order valence-corrected chi connectivity index (χ1v) is 11.4. The second-order valence-corrected chi connectivity index (χ2v) is 10.1. The average Bonchev–Trinajstić information content (AvgIpc) is 3.14. The number of pyridine rings is 1. The van der Waals surface area contributed by atoms with Gasteiger partial charge in [-0.25, -0.2) is 9.97 Å². The van der Waals surface area contributed by atoms with Gasteiger partial charge in [0.15, 0.2) is 5.82 Å². The smallest absolute Gasteiger partial charge is 0.239 e. The summed E-state index contributed by atoms with van der Waals surface area (Å²) < 4.78 is 5.23. The summed E-state index contributed by atoms with van der Waals surface area (Å²) in [6, 6.07) is 5.71. The van der Waals surface area contributed by atoms with Gasteiger partial charge in [-0.05, 0) is 79.9 Å². The molecule has 0 spiro atoms. The Labute approximate surface area is 193 Å². The first kappa shape index (κ1) is 25.7. The van der Waals surface area contributed by atoms with Crippen LogP contribution in [0, 0.1) is 0 Å². The average molecular weight is 442 g/mol. The lowest BCUT2D eigenvalue weighted by molar-refractivity contribution is -0.121. The molecule has 176 valence electrons. The van der Waals surface area contributed by atoms with Gasteiger partial charge in [0.05, 0.1) is 12.1 Å². The molecule has 1 amide bonds. The van der Waals surface area contributed by atoms with Crippen molar-refractivity contribution in [2.75, 3.05) is 25.1 Å². The number of nitrogens with one attached hydrogen (secondary N) is 1. The van der Waals surface area contributed by atoms with Gasteiger partial charge < -0.3 is 15.0 Å². The fraction of sp³-hybridized carbons (Fsp3) is 0.600. The standard InChI is InChI=1S/C19H25N5O.C6H14O/c1-19(2,3)23-16(25)12-24(4)18-13-8-7-10-14(13)21-17(22-18)15-9-5-6-11-20-15;1-5-7-6(2,3)4/h5-6,9,11H,7-8,10,12H2,1-4H3,(H,23,25);5H2,1-4H3. The lowest BCUT2D eigenvalue weighted by Gasteiger charge is -2.25. The lowest BCUT2D eigenvalue weighted by atomic mass is 10.1. The van der Waals surface area contributed by atoms with Crippen molar-refractivity contribution in [2.24, 2.45) is 0 Å². The molecule has 0 aromatic carbocycles. The van der Waals surface area contributed by atoms with Crippen LogP contribution in [-0.2, 0) is 22.4 Å². The Balaban J connectivity index is 0.000000451. The van der Waals surface area contributed by atoms with Gasteiger partial charge >= 0.3 is 0 Å². The third-order valence-electron chi connectivity index (χ3n) is 4.64. The Hall–Kier alpha value is -2.54. The topological polar surface area (TPSA) is 80.2 Å². The van der Waals surface area contributed by atoms with E-state index in [1.807, 2.05) is 57.8 Å². The van der Waals surface area contributed by atoms with E-state index >= 15 is 0 Å². The highest BCUT2D eigenvalue weighted by molar-refractivity contribution is 5.82. The largest absolute Gasteiger partial charge is 0.376 e. The Morgan fingerprint density at radius 3 is 2.38 bits per heavy atom. The molecule has 0 radical (unpaired) electrons. The number of aromatic nitrogens is 3. The van der Waals surface area contributed by atoms with Crippen molar-refractivity contribution in [1.29, 1.82) is 0 Å². The summed E-state index contributed by atoms with van der Waals surface area (Å²) in [5.41, 5.74) is 2.80. The quantitative estimate of drug-likeness (QED) is 0.749. The molecule has 0 unspecified atom stereocenters. The number of carbonyl (C=O) groups is 1. The van der Waals surface area contributed by atoms with Gasteiger partial charge in [-0.2, -0.15) is 0 Å².